The fourth-order valence-electron chi connectivity index (χ4n) is 3.52. The summed E-state index contributed by atoms with van der Waals surface area (Å²) in [6, 6.07) is 11.9. The highest BCUT2D eigenvalue weighted by Gasteiger charge is 2.35. The maximum absolute atomic E-state index is 13.4. The molecule has 1 saturated heterocycles. The van der Waals surface area contributed by atoms with E-state index < -0.39 is 0 Å². The van der Waals surface area contributed by atoms with Crippen molar-refractivity contribution in [1.82, 2.24) is 4.90 Å². The highest BCUT2D eigenvalue weighted by atomic mass is 19.1. The van der Waals surface area contributed by atoms with Gasteiger partial charge < -0.3 is 4.74 Å². The largest absolute Gasteiger partial charge is 0.468 e. The van der Waals surface area contributed by atoms with Gasteiger partial charge in [-0.05, 0) is 54.8 Å². The Morgan fingerprint density at radius 3 is 2.00 bits per heavy atom. The maximum Gasteiger partial charge on any atom is 0.323 e. The molecule has 0 aliphatic carbocycles. The predicted molar refractivity (Wildman–Crippen MR) is 91.0 cm³/mol. The quantitative estimate of drug-likeness (QED) is 0.782. The molecule has 2 aromatic rings. The molecule has 1 heterocycles. The number of hydrogen-bond donors (Lipinski definition) is 0. The number of benzene rings is 2. The topological polar surface area (TPSA) is 29.5 Å². The summed E-state index contributed by atoms with van der Waals surface area (Å²) in [5, 5.41) is 0. The van der Waals surface area contributed by atoms with Gasteiger partial charge in [0.05, 0.1) is 13.2 Å². The number of carbonyl (C=O) groups is 1. The average Bonchev–Trinajstić information content (AvgIpc) is 2.65. The third-order valence-corrected chi connectivity index (χ3v) is 4.72. The molecule has 0 aromatic heterocycles. The highest BCUT2D eigenvalue weighted by Crippen LogP contribution is 2.34. The van der Waals surface area contributed by atoms with E-state index in [1.807, 2.05) is 0 Å². The van der Waals surface area contributed by atoms with Crippen molar-refractivity contribution in [2.75, 3.05) is 13.7 Å². The molecule has 0 saturated carbocycles. The van der Waals surface area contributed by atoms with Crippen molar-refractivity contribution in [1.29, 1.82) is 0 Å². The van der Waals surface area contributed by atoms with Crippen LogP contribution in [0.15, 0.2) is 48.5 Å². The zero-order chi connectivity index (χ0) is 17.8. The Morgan fingerprint density at radius 2 is 1.52 bits per heavy atom. The Morgan fingerprint density at radius 1 is 1.00 bits per heavy atom. The van der Waals surface area contributed by atoms with Crippen molar-refractivity contribution in [3.8, 4) is 0 Å². The number of carbonyl (C=O) groups excluding carboxylic acids is 1. The van der Waals surface area contributed by atoms with Crippen LogP contribution in [-0.4, -0.2) is 30.6 Å². The first-order valence-electron chi connectivity index (χ1n) is 8.44. The number of likely N-dealkylation sites (tertiary alicyclic amines) is 1. The van der Waals surface area contributed by atoms with Crippen LogP contribution in [0.4, 0.5) is 8.78 Å². The van der Waals surface area contributed by atoms with Gasteiger partial charge in [0.2, 0.25) is 0 Å². The molecule has 1 aliphatic rings. The van der Waals surface area contributed by atoms with E-state index in [-0.39, 0.29) is 29.7 Å². The van der Waals surface area contributed by atoms with Gasteiger partial charge in [-0.1, -0.05) is 30.7 Å². The van der Waals surface area contributed by atoms with Crippen molar-refractivity contribution < 1.29 is 18.3 Å². The molecule has 132 valence electrons. The summed E-state index contributed by atoms with van der Waals surface area (Å²) in [6.45, 7) is 0.721. The van der Waals surface area contributed by atoms with Crippen LogP contribution in [0.1, 0.15) is 36.4 Å². The fourth-order valence-corrected chi connectivity index (χ4v) is 3.52. The lowest BCUT2D eigenvalue weighted by atomic mass is 9.91. The van der Waals surface area contributed by atoms with Gasteiger partial charge in [0.1, 0.15) is 17.7 Å². The zero-order valence-corrected chi connectivity index (χ0v) is 14.1. The van der Waals surface area contributed by atoms with Gasteiger partial charge in [-0.25, -0.2) is 8.78 Å². The summed E-state index contributed by atoms with van der Waals surface area (Å²) in [4.78, 5) is 14.3. The van der Waals surface area contributed by atoms with Crippen molar-refractivity contribution in [3.05, 3.63) is 71.3 Å². The molecule has 2 aromatic carbocycles. The van der Waals surface area contributed by atoms with Gasteiger partial charge in [-0.15, -0.1) is 0 Å². The summed E-state index contributed by atoms with van der Waals surface area (Å²) >= 11 is 0. The second-order valence-corrected chi connectivity index (χ2v) is 6.28. The Labute approximate surface area is 146 Å². The van der Waals surface area contributed by atoms with Crippen LogP contribution in [0.5, 0.6) is 0 Å². The Hall–Kier alpha value is -2.27. The number of hydrogen-bond acceptors (Lipinski definition) is 3. The van der Waals surface area contributed by atoms with E-state index >= 15 is 0 Å². The van der Waals surface area contributed by atoms with Crippen LogP contribution in [0.2, 0.25) is 0 Å². The smallest absolute Gasteiger partial charge is 0.323 e. The summed E-state index contributed by atoms with van der Waals surface area (Å²) in [7, 11) is 1.39. The van der Waals surface area contributed by atoms with E-state index in [2.05, 4.69) is 4.90 Å². The molecule has 3 nitrogen and oxygen atoms in total. The summed E-state index contributed by atoms with van der Waals surface area (Å²) in [5.74, 6) is -0.900. The van der Waals surface area contributed by atoms with E-state index in [1.54, 1.807) is 24.3 Å². The molecular formula is C20H21F2NO2. The maximum atomic E-state index is 13.4. The van der Waals surface area contributed by atoms with E-state index in [9.17, 15) is 13.6 Å². The van der Waals surface area contributed by atoms with Gasteiger partial charge in [-0.2, -0.15) is 0 Å². The van der Waals surface area contributed by atoms with Gasteiger partial charge in [0, 0.05) is 0 Å². The molecule has 1 unspecified atom stereocenters. The Kier molecular flexibility index (Phi) is 5.43. The van der Waals surface area contributed by atoms with Crippen LogP contribution >= 0.6 is 0 Å². The lowest BCUT2D eigenvalue weighted by Gasteiger charge is -2.40. The molecule has 1 atom stereocenters. The first-order valence-corrected chi connectivity index (χ1v) is 8.44. The van der Waals surface area contributed by atoms with Crippen LogP contribution in [-0.2, 0) is 9.53 Å². The monoisotopic (exact) mass is 345 g/mol. The molecule has 1 aliphatic heterocycles. The molecule has 0 amide bonds. The molecule has 0 spiro atoms. The summed E-state index contributed by atoms with van der Waals surface area (Å²) in [5.41, 5.74) is 1.73. The molecule has 5 heteroatoms. The molecule has 1 fully saturated rings. The SMILES string of the molecule is COC(=O)C1CCCCN1C(c1ccc(F)cc1)c1ccc(F)cc1. The van der Waals surface area contributed by atoms with E-state index in [0.717, 1.165) is 30.5 Å². The van der Waals surface area contributed by atoms with Gasteiger partial charge in [0.15, 0.2) is 0 Å². The van der Waals surface area contributed by atoms with E-state index in [4.69, 9.17) is 4.74 Å². The Bertz CT molecular complexity index is 670. The molecular weight excluding hydrogens is 324 g/mol. The minimum absolute atomic E-state index is 0.259. The number of methoxy groups -OCH3 is 1. The Balaban J connectivity index is 2.04. The number of nitrogens with zero attached hydrogens (tertiary/aromatic N) is 1. The number of ether oxygens (including phenoxy) is 1. The van der Waals surface area contributed by atoms with E-state index in [1.165, 1.54) is 31.4 Å². The van der Waals surface area contributed by atoms with Crippen molar-refractivity contribution in [2.24, 2.45) is 0 Å². The first-order chi connectivity index (χ1) is 12.1. The molecule has 3 rings (SSSR count). The van der Waals surface area contributed by atoms with Gasteiger partial charge in [-0.3, -0.25) is 9.69 Å². The third-order valence-electron chi connectivity index (χ3n) is 4.72. The van der Waals surface area contributed by atoms with Crippen molar-refractivity contribution in [3.63, 3.8) is 0 Å². The average molecular weight is 345 g/mol. The van der Waals surface area contributed by atoms with Crippen molar-refractivity contribution >= 4 is 5.97 Å². The number of esters is 1. The molecule has 0 bridgehead atoms. The lowest BCUT2D eigenvalue weighted by Crippen LogP contribution is -2.47. The zero-order valence-electron chi connectivity index (χ0n) is 14.1. The first kappa shape index (κ1) is 17.5. The number of rotatable bonds is 4. The predicted octanol–water partition coefficient (Wildman–Crippen LogP) is 4.08. The van der Waals surface area contributed by atoms with Crippen LogP contribution in [0.25, 0.3) is 0 Å². The van der Waals surface area contributed by atoms with Crippen molar-refractivity contribution in [2.45, 2.75) is 31.3 Å². The van der Waals surface area contributed by atoms with Crippen LogP contribution < -0.4 is 0 Å². The van der Waals surface area contributed by atoms with Crippen LogP contribution in [0, 0.1) is 11.6 Å². The molecule has 0 radical (unpaired) electrons. The second-order valence-electron chi connectivity index (χ2n) is 6.28. The number of piperidine rings is 1. The molecule has 0 N–H and O–H groups in total. The molecule has 25 heavy (non-hydrogen) atoms. The minimum atomic E-state index is -0.362. The van der Waals surface area contributed by atoms with Crippen LogP contribution in [0.3, 0.4) is 0 Å². The van der Waals surface area contributed by atoms with Gasteiger partial charge in [0.25, 0.3) is 0 Å². The minimum Gasteiger partial charge on any atom is -0.468 e. The van der Waals surface area contributed by atoms with Gasteiger partial charge >= 0.3 is 5.97 Å². The second kappa shape index (κ2) is 7.74. The van der Waals surface area contributed by atoms with E-state index in [0.29, 0.717) is 6.42 Å². The third kappa shape index (κ3) is 3.87. The fraction of sp³-hybridized carbons (Fsp3) is 0.350. The highest BCUT2D eigenvalue weighted by molar-refractivity contribution is 5.76. The normalized spacial score (nSPS) is 18.3. The summed E-state index contributed by atoms with van der Waals surface area (Å²) in [6.07, 6.45) is 2.63. The lowest BCUT2D eigenvalue weighted by molar-refractivity contribution is -0.149. The number of halogens is 2. The standard InChI is InChI=1S/C20H21F2NO2/c1-25-20(24)18-4-2-3-13-23(18)19(14-5-9-16(21)10-6-14)15-7-11-17(22)12-8-15/h5-12,18-19H,2-4,13H2,1H3. The summed E-state index contributed by atoms with van der Waals surface area (Å²) < 4.78 is 31.7.